The van der Waals surface area contributed by atoms with E-state index in [1.165, 1.54) is 6.66 Å². The average molecular weight is 119 g/mol. The molecule has 0 aliphatic rings. The van der Waals surface area contributed by atoms with Crippen molar-refractivity contribution >= 4 is 31.1 Å². The molecule has 0 saturated heterocycles. The van der Waals surface area contributed by atoms with Gasteiger partial charge in [-0.15, -0.1) is 0 Å². The van der Waals surface area contributed by atoms with E-state index in [1.54, 1.807) is 0 Å². The molecule has 2 nitrogen and oxygen atoms in total. The van der Waals surface area contributed by atoms with Gasteiger partial charge in [-0.3, -0.25) is 0 Å². The fraction of sp³-hybridized carbons (Fsp3) is 1.00. The molecule has 0 aliphatic heterocycles. The highest BCUT2D eigenvalue weighted by Crippen LogP contribution is 1.99. The lowest BCUT2D eigenvalue weighted by Gasteiger charge is -1.36. The number of hydrogen-bond donors (Lipinski definition) is 1. The van der Waals surface area contributed by atoms with E-state index >= 15 is 0 Å². The smallest absolute Gasteiger partial charge is 0.161 e. The Morgan fingerprint density at radius 1 is 1.67 bits per heavy atom. The average Bonchev–Trinajstić information content (AvgIpc) is 0.811. The lowest BCUT2D eigenvalue weighted by atomic mass is 12.0. The zero-order valence-corrected chi connectivity index (χ0v) is 5.32. The maximum absolute atomic E-state index is 9.15. The monoisotopic (exact) mass is 119 g/mol. The van der Waals surface area contributed by atoms with E-state index < -0.39 is 8.03 Å². The summed E-state index contributed by atoms with van der Waals surface area (Å²) in [5.41, 5.74) is 0. The first-order chi connectivity index (χ1) is 1.73. The topological polar surface area (TPSA) is 37.3 Å². The van der Waals surface area contributed by atoms with Crippen LogP contribution in [-0.2, 0) is 4.57 Å². The predicted molar refractivity (Wildman–Crippen MR) is 28.2 cm³/mol. The van der Waals surface area contributed by atoms with Crippen LogP contribution in [0.1, 0.15) is 7.43 Å². The molecule has 4 heteroatoms. The Bertz CT molecular complexity index is 34.5. The van der Waals surface area contributed by atoms with Gasteiger partial charge in [0.25, 0.3) is 0 Å². The van der Waals surface area contributed by atoms with Crippen LogP contribution in [0.25, 0.3) is 0 Å². The third kappa shape index (κ3) is 104. The van der Waals surface area contributed by atoms with E-state index in [9.17, 15) is 0 Å². The van der Waals surface area contributed by atoms with Gasteiger partial charge in [-0.2, -0.15) is 4.89 Å². The van der Waals surface area contributed by atoms with Crippen LogP contribution in [-0.4, -0.2) is 34.6 Å². The molecule has 0 saturated carbocycles. The molecule has 0 aromatic rings. The van der Waals surface area contributed by atoms with Gasteiger partial charge in [0, 0.05) is 23.1 Å². The van der Waals surface area contributed by atoms with Crippen LogP contribution in [0.5, 0.6) is 0 Å². The lowest BCUT2D eigenvalue weighted by molar-refractivity contribution is 0.509. The van der Waals surface area contributed by atoms with Crippen LogP contribution in [0, 0.1) is 0 Å². The van der Waals surface area contributed by atoms with Crippen LogP contribution in [0.3, 0.4) is 0 Å². The zero-order valence-electron chi connectivity index (χ0n) is 3.01. The van der Waals surface area contributed by atoms with Crippen LogP contribution < -0.4 is 0 Å². The Kier molecular flexibility index (Phi) is 24.5. The fourth-order valence-corrected chi connectivity index (χ4v) is 0. The van der Waals surface area contributed by atoms with Crippen LogP contribution in [0.15, 0.2) is 0 Å². The van der Waals surface area contributed by atoms with Gasteiger partial charge < -0.3 is 0 Å². The molecule has 6 heavy (non-hydrogen) atoms. The van der Waals surface area contributed by atoms with E-state index in [1.807, 2.05) is 0 Å². The molecule has 2 radical (unpaired) electrons. The molecular formula is C2H8MgO2P+. The molecule has 1 N–H and O–H groups in total. The molecule has 0 aromatic heterocycles. The normalized spacial score (nSPS) is 7.33. The molecule has 0 heterocycles. The minimum atomic E-state index is -1.87. The van der Waals surface area contributed by atoms with Gasteiger partial charge in [-0.1, -0.05) is 7.43 Å². The van der Waals surface area contributed by atoms with Gasteiger partial charge >= 0.3 is 8.03 Å². The number of hydrogen-bond acceptors (Lipinski definition) is 1. The van der Waals surface area contributed by atoms with Gasteiger partial charge in [0.1, 0.15) is 0 Å². The fourth-order valence-electron chi connectivity index (χ4n) is 0. The maximum atomic E-state index is 9.15. The van der Waals surface area contributed by atoms with E-state index in [-0.39, 0.29) is 30.5 Å². The first-order valence-corrected chi connectivity index (χ1v) is 2.49. The van der Waals surface area contributed by atoms with Crippen molar-refractivity contribution in [3.05, 3.63) is 0 Å². The number of rotatable bonds is 0. The summed E-state index contributed by atoms with van der Waals surface area (Å²) < 4.78 is 9.15. The van der Waals surface area contributed by atoms with Crippen molar-refractivity contribution in [3.63, 3.8) is 0 Å². The highest BCUT2D eigenvalue weighted by atomic mass is 31.1. The first kappa shape index (κ1) is 15.8. The second-order valence-electron chi connectivity index (χ2n) is 0.464. The molecule has 0 rings (SSSR count). The summed E-state index contributed by atoms with van der Waals surface area (Å²) in [7, 11) is -1.87. The van der Waals surface area contributed by atoms with Crippen molar-refractivity contribution in [2.24, 2.45) is 0 Å². The Morgan fingerprint density at radius 3 is 1.67 bits per heavy atom. The van der Waals surface area contributed by atoms with Crippen LogP contribution in [0.2, 0.25) is 0 Å². The summed E-state index contributed by atoms with van der Waals surface area (Å²) >= 11 is 0. The van der Waals surface area contributed by atoms with E-state index in [0.29, 0.717) is 0 Å². The van der Waals surface area contributed by atoms with Gasteiger partial charge in [0.05, 0.1) is 0 Å². The Labute approximate surface area is 55.0 Å². The third-order valence-corrected chi connectivity index (χ3v) is 0. The van der Waals surface area contributed by atoms with Crippen molar-refractivity contribution in [1.29, 1.82) is 0 Å². The van der Waals surface area contributed by atoms with Gasteiger partial charge in [-0.25, -0.2) is 0 Å². The van der Waals surface area contributed by atoms with Crippen molar-refractivity contribution in [2.45, 2.75) is 7.43 Å². The molecule has 0 amide bonds. The van der Waals surface area contributed by atoms with E-state index in [0.717, 1.165) is 0 Å². The summed E-state index contributed by atoms with van der Waals surface area (Å²) in [6.07, 6.45) is 0. The van der Waals surface area contributed by atoms with Crippen molar-refractivity contribution in [1.82, 2.24) is 0 Å². The van der Waals surface area contributed by atoms with E-state index in [2.05, 4.69) is 0 Å². The van der Waals surface area contributed by atoms with Gasteiger partial charge in [0.15, 0.2) is 6.66 Å². The summed E-state index contributed by atoms with van der Waals surface area (Å²) in [4.78, 5) is 7.56. The minimum Gasteiger partial charge on any atom is -0.161 e. The second-order valence-corrected chi connectivity index (χ2v) is 1.39. The first-order valence-electron chi connectivity index (χ1n) is 0.830. The molecule has 0 aromatic carbocycles. The van der Waals surface area contributed by atoms with E-state index in [4.69, 9.17) is 9.46 Å². The Hall–Kier alpha value is 0.826. The third-order valence-electron chi connectivity index (χ3n) is 0. The lowest BCUT2D eigenvalue weighted by Crippen LogP contribution is -1.35. The zero-order chi connectivity index (χ0) is 3.58. The predicted octanol–water partition coefficient (Wildman–Crippen LogP) is 0.606. The van der Waals surface area contributed by atoms with Crippen LogP contribution >= 0.6 is 8.03 Å². The van der Waals surface area contributed by atoms with Gasteiger partial charge in [0.2, 0.25) is 0 Å². The highest BCUT2D eigenvalue weighted by Gasteiger charge is 1.86. The molecule has 0 spiro atoms. The summed E-state index contributed by atoms with van der Waals surface area (Å²) in [6.45, 7) is 1.23. The Balaban J connectivity index is -0.0000000450. The highest BCUT2D eigenvalue weighted by molar-refractivity contribution is 7.36. The standard InChI is InChI=1S/CH3O2P.CH4.Mg/c1-4(2)3;;/h1H3;1H4;/p+1. The Morgan fingerprint density at radius 2 is 1.67 bits per heavy atom. The quantitative estimate of drug-likeness (QED) is 0.375. The van der Waals surface area contributed by atoms with Gasteiger partial charge in [-0.05, 0) is 4.57 Å². The molecule has 1 unspecified atom stereocenters. The van der Waals surface area contributed by atoms with Crippen molar-refractivity contribution in [3.8, 4) is 0 Å². The summed E-state index contributed by atoms with van der Waals surface area (Å²) in [5.74, 6) is 0. The molecule has 0 bridgehead atoms. The maximum Gasteiger partial charge on any atom is 0.502 e. The summed E-state index contributed by atoms with van der Waals surface area (Å²) in [6, 6.07) is 0. The largest absolute Gasteiger partial charge is 0.502 e. The molecule has 34 valence electrons. The van der Waals surface area contributed by atoms with Crippen molar-refractivity contribution in [2.75, 3.05) is 6.66 Å². The molecular weight excluding hydrogens is 111 g/mol. The molecule has 1 atom stereocenters. The van der Waals surface area contributed by atoms with Crippen LogP contribution in [0.4, 0.5) is 0 Å². The second kappa shape index (κ2) is 9.27. The molecule has 0 aliphatic carbocycles. The molecule has 0 fully saturated rings. The summed E-state index contributed by atoms with van der Waals surface area (Å²) in [5, 5.41) is 0. The SMILES string of the molecule is C.C[P+](=O)O.[Mg]. The van der Waals surface area contributed by atoms with Crippen molar-refractivity contribution < 1.29 is 9.46 Å². The minimum absolute atomic E-state index is 0.